The molecule has 2 N–H and O–H groups in total. The van der Waals surface area contributed by atoms with Crippen LogP contribution in [0.25, 0.3) is 0 Å². The van der Waals surface area contributed by atoms with E-state index >= 15 is 0 Å². The summed E-state index contributed by atoms with van der Waals surface area (Å²) in [6.07, 6.45) is 0.842. The molecule has 11 heteroatoms. The third-order valence-electron chi connectivity index (χ3n) is 4.25. The minimum atomic E-state index is -3.69. The first kappa shape index (κ1) is 23.8. The van der Waals surface area contributed by atoms with Gasteiger partial charge in [0.05, 0.1) is 29.7 Å². The summed E-state index contributed by atoms with van der Waals surface area (Å²) in [6.45, 7) is 5.02. The van der Waals surface area contributed by atoms with Crippen LogP contribution in [0.2, 0.25) is 5.02 Å². The summed E-state index contributed by atoms with van der Waals surface area (Å²) in [4.78, 5) is 14.2. The van der Waals surface area contributed by atoms with Crippen molar-refractivity contribution in [2.45, 2.75) is 11.3 Å². The second kappa shape index (κ2) is 12.3. The number of amides is 1. The largest absolute Gasteiger partial charge is 0.482 e. The number of nitrogens with zero attached hydrogens (tertiary/aromatic N) is 1. The first-order valence-corrected chi connectivity index (χ1v) is 11.3. The first-order chi connectivity index (χ1) is 13.9. The fourth-order valence-electron chi connectivity index (χ4n) is 2.68. The van der Waals surface area contributed by atoms with Crippen molar-refractivity contribution in [1.82, 2.24) is 14.9 Å². The van der Waals surface area contributed by atoms with Gasteiger partial charge >= 0.3 is 0 Å². The van der Waals surface area contributed by atoms with Crippen molar-refractivity contribution in [2.75, 3.05) is 66.3 Å². The van der Waals surface area contributed by atoms with Crippen molar-refractivity contribution in [1.29, 1.82) is 0 Å². The highest BCUT2D eigenvalue weighted by atomic mass is 35.5. The summed E-state index contributed by atoms with van der Waals surface area (Å²) in [7, 11) is -2.20. The van der Waals surface area contributed by atoms with Crippen LogP contribution in [-0.2, 0) is 24.3 Å². The van der Waals surface area contributed by atoms with Crippen molar-refractivity contribution >= 4 is 27.5 Å². The fourth-order valence-corrected chi connectivity index (χ4v) is 4.02. The number of hydrogen-bond donors (Lipinski definition) is 2. The van der Waals surface area contributed by atoms with Gasteiger partial charge in [-0.3, -0.25) is 9.69 Å². The van der Waals surface area contributed by atoms with Gasteiger partial charge in [0.1, 0.15) is 5.75 Å². The van der Waals surface area contributed by atoms with Gasteiger partial charge in [-0.05, 0) is 31.2 Å². The fraction of sp³-hybridized carbons (Fsp3) is 0.611. The monoisotopic (exact) mass is 449 g/mol. The number of morpholine rings is 1. The molecule has 0 atom stereocenters. The molecule has 0 bridgehead atoms. The zero-order valence-electron chi connectivity index (χ0n) is 16.5. The van der Waals surface area contributed by atoms with E-state index in [1.54, 1.807) is 0 Å². The van der Waals surface area contributed by atoms with Gasteiger partial charge in [-0.2, -0.15) is 0 Å². The van der Waals surface area contributed by atoms with Crippen molar-refractivity contribution < 1.29 is 27.4 Å². The van der Waals surface area contributed by atoms with Crippen molar-refractivity contribution in [3.05, 3.63) is 23.2 Å². The van der Waals surface area contributed by atoms with Gasteiger partial charge in [-0.1, -0.05) is 11.6 Å². The standard InChI is InChI=1S/C18H28ClN3O6S/c1-26-10-6-21-29(24,25)15-3-4-17(16(19)13-15)28-14-18(23)20-5-2-7-22-8-11-27-12-9-22/h3-4,13,21H,2,5-12,14H2,1H3,(H,20,23). The summed E-state index contributed by atoms with van der Waals surface area (Å²) in [5.74, 6) is -0.0213. The molecular formula is C18H28ClN3O6S. The molecule has 9 nitrogen and oxygen atoms in total. The molecule has 1 saturated heterocycles. The van der Waals surface area contributed by atoms with Crippen LogP contribution in [0, 0.1) is 0 Å². The number of hydrogen-bond acceptors (Lipinski definition) is 7. The Morgan fingerprint density at radius 1 is 1.28 bits per heavy atom. The number of methoxy groups -OCH3 is 1. The molecule has 1 aliphatic rings. The maximum absolute atomic E-state index is 12.2. The second-order valence-corrected chi connectivity index (χ2v) is 8.60. The van der Waals surface area contributed by atoms with E-state index in [4.69, 9.17) is 25.8 Å². The smallest absolute Gasteiger partial charge is 0.257 e. The first-order valence-electron chi connectivity index (χ1n) is 9.40. The summed E-state index contributed by atoms with van der Waals surface area (Å²) < 4.78 is 42.2. The van der Waals surface area contributed by atoms with Crippen molar-refractivity contribution in [3.63, 3.8) is 0 Å². The van der Waals surface area contributed by atoms with Gasteiger partial charge in [0, 0.05) is 33.3 Å². The Hall–Kier alpha value is -1.43. The maximum Gasteiger partial charge on any atom is 0.257 e. The van der Waals surface area contributed by atoms with Gasteiger partial charge < -0.3 is 19.5 Å². The minimum absolute atomic E-state index is 0.0125. The number of nitrogens with one attached hydrogen (secondary N) is 2. The van der Waals surface area contributed by atoms with E-state index in [1.165, 1.54) is 25.3 Å². The molecule has 29 heavy (non-hydrogen) atoms. The highest BCUT2D eigenvalue weighted by Crippen LogP contribution is 2.27. The summed E-state index contributed by atoms with van der Waals surface area (Å²) in [5, 5.41) is 2.90. The van der Waals surface area contributed by atoms with Crippen molar-refractivity contribution in [3.8, 4) is 5.75 Å². The molecular weight excluding hydrogens is 422 g/mol. The molecule has 0 radical (unpaired) electrons. The lowest BCUT2D eigenvalue weighted by molar-refractivity contribution is -0.123. The van der Waals surface area contributed by atoms with Crippen LogP contribution in [0.3, 0.4) is 0 Å². The number of ether oxygens (including phenoxy) is 3. The van der Waals surface area contributed by atoms with Crippen LogP contribution < -0.4 is 14.8 Å². The van der Waals surface area contributed by atoms with E-state index in [9.17, 15) is 13.2 Å². The third kappa shape index (κ3) is 8.45. The van der Waals surface area contributed by atoms with Gasteiger partial charge in [-0.15, -0.1) is 0 Å². The van der Waals surface area contributed by atoms with Crippen LogP contribution in [0.15, 0.2) is 23.1 Å². The normalized spacial score (nSPS) is 15.2. The number of rotatable bonds is 12. The molecule has 1 fully saturated rings. The molecule has 1 heterocycles. The predicted molar refractivity (Wildman–Crippen MR) is 109 cm³/mol. The van der Waals surface area contributed by atoms with Crippen LogP contribution in [-0.4, -0.2) is 85.5 Å². The molecule has 1 aromatic carbocycles. The zero-order valence-corrected chi connectivity index (χ0v) is 18.1. The quantitative estimate of drug-likeness (QED) is 0.447. The molecule has 1 amide bonds. The van der Waals surface area contributed by atoms with E-state index in [1.807, 2.05) is 0 Å². The number of benzene rings is 1. The van der Waals surface area contributed by atoms with Gasteiger partial charge in [0.15, 0.2) is 6.61 Å². The van der Waals surface area contributed by atoms with Crippen LogP contribution in [0.1, 0.15) is 6.42 Å². The zero-order chi connectivity index (χ0) is 21.1. The Morgan fingerprint density at radius 2 is 2.03 bits per heavy atom. The van der Waals surface area contributed by atoms with E-state index in [0.717, 1.165) is 39.3 Å². The summed E-state index contributed by atoms with van der Waals surface area (Å²) >= 11 is 6.10. The van der Waals surface area contributed by atoms with Gasteiger partial charge in [-0.25, -0.2) is 13.1 Å². The highest BCUT2D eigenvalue weighted by Gasteiger charge is 2.16. The van der Waals surface area contributed by atoms with Crippen LogP contribution in [0.4, 0.5) is 0 Å². The average Bonchev–Trinajstić information content (AvgIpc) is 2.71. The molecule has 0 spiro atoms. The van der Waals surface area contributed by atoms with Crippen LogP contribution in [0.5, 0.6) is 5.75 Å². The van der Waals surface area contributed by atoms with E-state index in [2.05, 4.69) is 14.9 Å². The molecule has 1 aromatic rings. The average molecular weight is 450 g/mol. The van der Waals surface area contributed by atoms with E-state index < -0.39 is 10.0 Å². The molecule has 0 saturated carbocycles. The molecule has 0 aromatic heterocycles. The van der Waals surface area contributed by atoms with Gasteiger partial charge in [0.25, 0.3) is 5.91 Å². The van der Waals surface area contributed by atoms with E-state index in [-0.39, 0.29) is 41.3 Å². The van der Waals surface area contributed by atoms with Gasteiger partial charge in [0.2, 0.25) is 10.0 Å². The lowest BCUT2D eigenvalue weighted by atomic mass is 10.3. The number of sulfonamides is 1. The minimum Gasteiger partial charge on any atom is -0.482 e. The molecule has 2 rings (SSSR count). The van der Waals surface area contributed by atoms with Crippen LogP contribution >= 0.6 is 11.6 Å². The third-order valence-corrected chi connectivity index (χ3v) is 6.00. The topological polar surface area (TPSA) is 106 Å². The van der Waals surface area contributed by atoms with Crippen molar-refractivity contribution in [2.24, 2.45) is 0 Å². The summed E-state index contributed by atoms with van der Waals surface area (Å²) in [5.41, 5.74) is 0. The Balaban J connectivity index is 1.73. The molecule has 164 valence electrons. The highest BCUT2D eigenvalue weighted by molar-refractivity contribution is 7.89. The number of carbonyl (C=O) groups excluding carboxylic acids is 1. The Labute approximate surface area is 176 Å². The SMILES string of the molecule is COCCNS(=O)(=O)c1ccc(OCC(=O)NCCCN2CCOCC2)c(Cl)c1. The number of carbonyl (C=O) groups is 1. The Bertz CT molecular complexity index is 756. The lowest BCUT2D eigenvalue weighted by Crippen LogP contribution is -2.38. The molecule has 1 aliphatic heterocycles. The molecule has 0 aliphatic carbocycles. The molecule has 0 unspecified atom stereocenters. The maximum atomic E-state index is 12.2. The Morgan fingerprint density at radius 3 is 2.72 bits per heavy atom. The predicted octanol–water partition coefficient (Wildman–Crippen LogP) is 0.482. The van der Waals surface area contributed by atoms with E-state index in [0.29, 0.717) is 6.54 Å². The number of halogens is 1. The Kier molecular flexibility index (Phi) is 10.1. The second-order valence-electron chi connectivity index (χ2n) is 6.43. The summed E-state index contributed by atoms with van der Waals surface area (Å²) in [6, 6.07) is 4.09. The lowest BCUT2D eigenvalue weighted by Gasteiger charge is -2.26.